The molecule has 0 amide bonds. The molecule has 0 radical (unpaired) electrons. The van der Waals surface area contributed by atoms with Gasteiger partial charge in [-0.2, -0.15) is 18.2 Å². The molecule has 11 aromatic rings. The van der Waals surface area contributed by atoms with Crippen molar-refractivity contribution in [3.05, 3.63) is 204 Å². The third-order valence-electron chi connectivity index (χ3n) is 11.2. The van der Waals surface area contributed by atoms with Gasteiger partial charge >= 0.3 is 5.69 Å². The smallest absolute Gasteiger partial charge is 0.318 e. The maximum absolute atomic E-state index is 14.5. The van der Waals surface area contributed by atoms with Gasteiger partial charge in [0.1, 0.15) is 5.82 Å². The van der Waals surface area contributed by atoms with Gasteiger partial charge in [0.15, 0.2) is 0 Å². The Morgan fingerprint density at radius 2 is 1.29 bits per heavy atom. The van der Waals surface area contributed by atoms with E-state index in [1.54, 1.807) is 57.1 Å². The fourth-order valence-corrected chi connectivity index (χ4v) is 8.23. The van der Waals surface area contributed by atoms with Crippen molar-refractivity contribution in [3.8, 4) is 45.1 Å². The molecule has 7 aromatic carbocycles. The predicted octanol–water partition coefficient (Wildman–Crippen LogP) is 11.1. The molecule has 0 aliphatic carbocycles. The van der Waals surface area contributed by atoms with Crippen molar-refractivity contribution in [3.63, 3.8) is 0 Å². The van der Waals surface area contributed by atoms with Crippen LogP contribution in [0.25, 0.3) is 89.0 Å². The molecule has 0 aliphatic rings. The fraction of sp³-hybridized carbons (Fsp3) is 0.0926. The normalized spacial score (nSPS) is 14.1. The van der Waals surface area contributed by atoms with Gasteiger partial charge in [0.05, 0.1) is 30.4 Å². The van der Waals surface area contributed by atoms with Gasteiger partial charge in [0.25, 0.3) is 6.33 Å². The topological polar surface area (TPSA) is 53.6 Å². The number of fused-ring (bicyclic) bond motifs is 5. The van der Waals surface area contributed by atoms with Crippen molar-refractivity contribution in [1.82, 2.24) is 23.3 Å². The van der Waals surface area contributed by atoms with E-state index in [-0.39, 0.29) is 60.1 Å². The zero-order valence-corrected chi connectivity index (χ0v) is 36.1. The first-order valence-electron chi connectivity index (χ1n) is 24.7. The molecule has 4 heterocycles. The number of nitrogens with zero attached hydrogens (tertiary/aromatic N) is 6. The third-order valence-corrected chi connectivity index (χ3v) is 11.2. The van der Waals surface area contributed by atoms with Crippen LogP contribution in [0.1, 0.15) is 40.0 Å². The van der Waals surface area contributed by atoms with Crippen LogP contribution in [0.2, 0.25) is 0 Å². The summed E-state index contributed by atoms with van der Waals surface area (Å²) in [6.07, 6.45) is 5.22. The van der Waals surface area contributed by atoms with Crippen LogP contribution in [-0.2, 0) is 33.5 Å². The average Bonchev–Trinajstić information content (AvgIpc) is 4.00. The summed E-state index contributed by atoms with van der Waals surface area (Å²) in [6, 6.07) is 33.2. The van der Waals surface area contributed by atoms with Gasteiger partial charge in [-0.1, -0.05) is 153 Å². The number of pyridine rings is 1. The standard InChI is InChI=1S/C54H40N6O.Pt/c1-54(2,3)38-30-31-55-51(32-38)60-45-23-12-11-20-43(45)44-28-26-40(34-49(44)60)59-50-33-39(27-29-46(50)56(4)53(59)61)57-35-58(48-25-14-13-24-47(48)57)52-41(36-16-7-5-8-17-36)21-15-22-42(52)37-18-9-6-10-19-37;/h5-32H,1-4H3;/q-2;/i5D,6D,7D,8D,9D,10D,16D,17D,18D,19D;. The number of hydrogen-bond acceptors (Lipinski definition) is 2. The molecular formula is C54H40N6OPt-2. The third kappa shape index (κ3) is 6.26. The quantitative estimate of drug-likeness (QED) is 0.123. The monoisotopic (exact) mass is 993 g/mol. The summed E-state index contributed by atoms with van der Waals surface area (Å²) in [5.41, 5.74) is 5.30. The summed E-state index contributed by atoms with van der Waals surface area (Å²) in [5.74, 6) is 0.711. The summed E-state index contributed by atoms with van der Waals surface area (Å²) in [6.45, 7) is 6.46. The number of rotatable bonds is 6. The van der Waals surface area contributed by atoms with E-state index in [9.17, 15) is 4.79 Å². The number of hydrogen-bond donors (Lipinski definition) is 0. The first kappa shape index (κ1) is 29.2. The Labute approximate surface area is 387 Å². The van der Waals surface area contributed by atoms with Crippen LogP contribution in [0.3, 0.4) is 0 Å². The largest absolute Gasteiger partial charge is 0.348 e. The maximum Gasteiger partial charge on any atom is 0.318 e. The van der Waals surface area contributed by atoms with Crippen molar-refractivity contribution in [1.29, 1.82) is 0 Å². The Morgan fingerprint density at radius 1 is 0.645 bits per heavy atom. The molecule has 7 nitrogen and oxygen atoms in total. The van der Waals surface area contributed by atoms with Gasteiger partial charge < -0.3 is 18.3 Å². The number of para-hydroxylation sites is 4. The summed E-state index contributed by atoms with van der Waals surface area (Å²) in [7, 11) is 1.69. The fourth-order valence-electron chi connectivity index (χ4n) is 8.23. The molecule has 4 aromatic heterocycles. The molecule has 0 aliphatic heterocycles. The molecule has 0 unspecified atom stereocenters. The van der Waals surface area contributed by atoms with Crippen LogP contribution in [0.15, 0.2) is 175 Å². The molecular weight excluding hydrogens is 944 g/mol. The zero-order chi connectivity index (χ0) is 50.1. The molecule has 0 N–H and O–H groups in total. The van der Waals surface area contributed by atoms with E-state index >= 15 is 0 Å². The Morgan fingerprint density at radius 3 is 2.00 bits per heavy atom. The Bertz CT molecular complexity index is 4020. The molecule has 0 atom stereocenters. The van der Waals surface area contributed by atoms with Crippen LogP contribution in [0.5, 0.6) is 0 Å². The number of aromatic nitrogens is 6. The van der Waals surface area contributed by atoms with E-state index in [0.29, 0.717) is 39.3 Å². The minimum atomic E-state index is -0.587. The Balaban J connectivity index is 0.00000596. The van der Waals surface area contributed by atoms with Crippen LogP contribution >= 0.6 is 0 Å². The minimum Gasteiger partial charge on any atom is -0.348 e. The van der Waals surface area contributed by atoms with Crippen molar-refractivity contribution in [2.45, 2.75) is 26.2 Å². The molecule has 8 heteroatoms. The van der Waals surface area contributed by atoms with Crippen LogP contribution in [0.4, 0.5) is 0 Å². The van der Waals surface area contributed by atoms with Gasteiger partial charge in [0, 0.05) is 39.8 Å². The second-order valence-corrected chi connectivity index (χ2v) is 15.8. The molecule has 0 saturated heterocycles. The molecule has 0 fully saturated rings. The van der Waals surface area contributed by atoms with Gasteiger partial charge in [-0.15, -0.1) is 23.6 Å². The zero-order valence-electron chi connectivity index (χ0n) is 43.8. The second-order valence-electron chi connectivity index (χ2n) is 15.8. The Kier molecular flexibility index (Phi) is 7.13. The average molecular weight is 994 g/mol. The summed E-state index contributed by atoms with van der Waals surface area (Å²) in [4.78, 5) is 19.3. The van der Waals surface area contributed by atoms with E-state index in [1.165, 1.54) is 4.57 Å². The molecule has 304 valence electrons. The Hall–Kier alpha value is -7.08. The molecule has 0 saturated carbocycles. The minimum absolute atomic E-state index is 0. The summed E-state index contributed by atoms with van der Waals surface area (Å²) < 4.78 is 95.7. The van der Waals surface area contributed by atoms with Crippen molar-refractivity contribution >= 4 is 43.9 Å². The van der Waals surface area contributed by atoms with Crippen LogP contribution in [0, 0.1) is 18.5 Å². The molecule has 62 heavy (non-hydrogen) atoms. The number of imidazole rings is 2. The van der Waals surface area contributed by atoms with E-state index < -0.39 is 60.4 Å². The van der Waals surface area contributed by atoms with Gasteiger partial charge in [-0.3, -0.25) is 4.57 Å². The van der Waals surface area contributed by atoms with Gasteiger partial charge in [0.2, 0.25) is 0 Å². The maximum atomic E-state index is 14.5. The first-order valence-corrected chi connectivity index (χ1v) is 19.7. The SMILES string of the molecule is [2H]c1c([2H])c([2H])c(-c2cccc(-c3c([2H])c([2H])c([2H])c([2H])c3[2H])c2-[n+]2[c-]n(-c3[c-]c4c(cc3)n(C)c(=O)n4-c3[c-]c4c(cc3)c3ccccc3n4-c3cc(C(C)(C)C)ccn3)c3ccccc32)c([2H])c1[2H].[Pt]. The summed E-state index contributed by atoms with van der Waals surface area (Å²) >= 11 is 0. The van der Waals surface area contributed by atoms with E-state index in [1.807, 2.05) is 60.8 Å². The van der Waals surface area contributed by atoms with Crippen LogP contribution < -0.4 is 10.3 Å². The first-order chi connectivity index (χ1) is 33.9. The molecule has 11 rings (SSSR count). The number of benzene rings is 7. The van der Waals surface area contributed by atoms with Crippen LogP contribution in [-0.4, -0.2) is 23.3 Å². The number of aryl methyl sites for hydroxylation is 1. The second kappa shape index (κ2) is 15.1. The van der Waals surface area contributed by atoms with Crippen molar-refractivity contribution in [2.24, 2.45) is 7.05 Å². The van der Waals surface area contributed by atoms with Crippen molar-refractivity contribution in [2.75, 3.05) is 0 Å². The van der Waals surface area contributed by atoms with E-state index in [2.05, 4.69) is 55.9 Å². The predicted molar refractivity (Wildman–Crippen MR) is 245 cm³/mol. The molecule has 0 bridgehead atoms. The van der Waals surface area contributed by atoms with Gasteiger partial charge in [-0.05, 0) is 73.5 Å². The van der Waals surface area contributed by atoms with Crippen molar-refractivity contribution < 1.29 is 39.3 Å². The molecule has 0 spiro atoms. The summed E-state index contributed by atoms with van der Waals surface area (Å²) in [5, 5.41) is 1.92. The van der Waals surface area contributed by atoms with E-state index in [0.717, 1.165) is 27.4 Å². The van der Waals surface area contributed by atoms with E-state index in [4.69, 9.17) is 18.7 Å². The van der Waals surface area contributed by atoms with Gasteiger partial charge in [-0.25, -0.2) is 9.78 Å².